The molecule has 1 aliphatic heterocycles. The van der Waals surface area contributed by atoms with Crippen molar-refractivity contribution in [2.24, 2.45) is 0 Å². The Labute approximate surface area is 116 Å². The highest BCUT2D eigenvalue weighted by Crippen LogP contribution is 2.14. The fraction of sp³-hybridized carbons (Fsp3) is 0.357. The molecule has 104 valence electrons. The number of aromatic nitrogens is 3. The van der Waals surface area contributed by atoms with Crippen molar-refractivity contribution in [3.8, 4) is 0 Å². The Bertz CT molecular complexity index is 576. The SMILES string of the molecule is O=C(Nc1nncn1Cc1ccccc1)C1CCCO1. The first-order valence-corrected chi connectivity index (χ1v) is 6.67. The summed E-state index contributed by atoms with van der Waals surface area (Å²) in [5.74, 6) is 0.305. The molecule has 0 saturated carbocycles. The Morgan fingerprint density at radius 1 is 1.40 bits per heavy atom. The van der Waals surface area contributed by atoms with Gasteiger partial charge in [-0.05, 0) is 18.4 Å². The van der Waals surface area contributed by atoms with Crippen molar-refractivity contribution in [3.05, 3.63) is 42.2 Å². The molecule has 0 aliphatic carbocycles. The Kier molecular flexibility index (Phi) is 3.73. The highest BCUT2D eigenvalue weighted by atomic mass is 16.5. The average molecular weight is 272 g/mol. The van der Waals surface area contributed by atoms with Crippen molar-refractivity contribution in [1.29, 1.82) is 0 Å². The zero-order valence-corrected chi connectivity index (χ0v) is 11.0. The third-order valence-electron chi connectivity index (χ3n) is 3.27. The number of nitrogens with zero attached hydrogens (tertiary/aromatic N) is 3. The highest BCUT2D eigenvalue weighted by Gasteiger charge is 2.24. The molecule has 6 heteroatoms. The zero-order valence-electron chi connectivity index (χ0n) is 11.0. The summed E-state index contributed by atoms with van der Waals surface area (Å²) in [7, 11) is 0. The Balaban J connectivity index is 1.68. The number of hydrogen-bond donors (Lipinski definition) is 1. The number of ether oxygens (including phenoxy) is 1. The second-order valence-corrected chi connectivity index (χ2v) is 4.76. The van der Waals surface area contributed by atoms with Crippen LogP contribution in [0.4, 0.5) is 5.95 Å². The topological polar surface area (TPSA) is 69.0 Å². The van der Waals surface area contributed by atoms with E-state index in [0.29, 0.717) is 19.1 Å². The van der Waals surface area contributed by atoms with Gasteiger partial charge in [-0.25, -0.2) is 0 Å². The molecule has 1 fully saturated rings. The summed E-state index contributed by atoms with van der Waals surface area (Å²) in [6.45, 7) is 1.27. The van der Waals surface area contributed by atoms with Gasteiger partial charge in [-0.2, -0.15) is 0 Å². The minimum Gasteiger partial charge on any atom is -0.368 e. The lowest BCUT2D eigenvalue weighted by Crippen LogP contribution is -2.28. The van der Waals surface area contributed by atoms with Gasteiger partial charge in [0.05, 0.1) is 6.54 Å². The average Bonchev–Trinajstić information content (AvgIpc) is 3.12. The van der Waals surface area contributed by atoms with Gasteiger partial charge >= 0.3 is 0 Å². The van der Waals surface area contributed by atoms with Crippen LogP contribution in [0.15, 0.2) is 36.7 Å². The molecule has 2 aromatic rings. The molecule has 0 radical (unpaired) electrons. The van der Waals surface area contributed by atoms with Gasteiger partial charge in [-0.1, -0.05) is 30.3 Å². The van der Waals surface area contributed by atoms with E-state index in [4.69, 9.17) is 4.74 Å². The zero-order chi connectivity index (χ0) is 13.8. The summed E-state index contributed by atoms with van der Waals surface area (Å²) >= 11 is 0. The van der Waals surface area contributed by atoms with Gasteiger partial charge in [0, 0.05) is 6.61 Å². The van der Waals surface area contributed by atoms with Crippen LogP contribution in [-0.4, -0.2) is 33.4 Å². The number of hydrogen-bond acceptors (Lipinski definition) is 4. The van der Waals surface area contributed by atoms with E-state index in [2.05, 4.69) is 15.5 Å². The molecule has 1 aromatic heterocycles. The van der Waals surface area contributed by atoms with E-state index in [1.807, 2.05) is 34.9 Å². The van der Waals surface area contributed by atoms with Gasteiger partial charge in [0.15, 0.2) is 0 Å². The lowest BCUT2D eigenvalue weighted by atomic mass is 10.2. The van der Waals surface area contributed by atoms with Crippen molar-refractivity contribution in [1.82, 2.24) is 14.8 Å². The molecule has 1 aliphatic rings. The van der Waals surface area contributed by atoms with Crippen molar-refractivity contribution < 1.29 is 9.53 Å². The predicted octanol–water partition coefficient (Wildman–Crippen LogP) is 1.44. The smallest absolute Gasteiger partial charge is 0.255 e. The predicted molar refractivity (Wildman–Crippen MR) is 73.2 cm³/mol. The van der Waals surface area contributed by atoms with Gasteiger partial charge in [-0.3, -0.25) is 14.7 Å². The maximum atomic E-state index is 12.0. The largest absolute Gasteiger partial charge is 0.368 e. The van der Waals surface area contributed by atoms with Crippen LogP contribution in [0.25, 0.3) is 0 Å². The Hall–Kier alpha value is -2.21. The molecule has 1 unspecified atom stereocenters. The number of anilines is 1. The second kappa shape index (κ2) is 5.83. The molecule has 1 saturated heterocycles. The van der Waals surface area contributed by atoms with Crippen molar-refractivity contribution in [3.63, 3.8) is 0 Å². The second-order valence-electron chi connectivity index (χ2n) is 4.76. The molecule has 1 atom stereocenters. The molecule has 1 N–H and O–H groups in total. The maximum Gasteiger partial charge on any atom is 0.255 e. The Morgan fingerprint density at radius 3 is 3.00 bits per heavy atom. The van der Waals surface area contributed by atoms with Crippen molar-refractivity contribution >= 4 is 11.9 Å². The fourth-order valence-corrected chi connectivity index (χ4v) is 2.22. The van der Waals surface area contributed by atoms with E-state index in [9.17, 15) is 4.79 Å². The standard InChI is InChI=1S/C14H16N4O2/c19-13(12-7-4-8-20-12)16-14-17-15-10-18(14)9-11-5-2-1-3-6-11/h1-3,5-6,10,12H,4,7-9H2,(H,16,17,19). The first-order chi connectivity index (χ1) is 9.83. The lowest BCUT2D eigenvalue weighted by Gasteiger charge is -2.11. The molecular weight excluding hydrogens is 256 g/mol. The van der Waals surface area contributed by atoms with Crippen LogP contribution < -0.4 is 5.32 Å². The van der Waals surface area contributed by atoms with Crippen LogP contribution in [0, 0.1) is 0 Å². The first kappa shape index (κ1) is 12.8. The third kappa shape index (κ3) is 2.85. The van der Waals surface area contributed by atoms with E-state index >= 15 is 0 Å². The summed E-state index contributed by atoms with van der Waals surface area (Å²) in [4.78, 5) is 12.0. The van der Waals surface area contributed by atoms with E-state index < -0.39 is 0 Å². The van der Waals surface area contributed by atoms with Gasteiger partial charge in [0.25, 0.3) is 5.91 Å². The summed E-state index contributed by atoms with van der Waals surface area (Å²) in [6.07, 6.45) is 2.93. The Morgan fingerprint density at radius 2 is 2.25 bits per heavy atom. The normalized spacial score (nSPS) is 18.1. The number of benzene rings is 1. The molecule has 1 amide bonds. The van der Waals surface area contributed by atoms with Gasteiger partial charge in [0.2, 0.25) is 5.95 Å². The maximum absolute atomic E-state index is 12.0. The molecule has 3 rings (SSSR count). The highest BCUT2D eigenvalue weighted by molar-refractivity contribution is 5.92. The number of carbonyl (C=O) groups excluding carboxylic acids is 1. The van der Waals surface area contributed by atoms with Crippen LogP contribution in [0.3, 0.4) is 0 Å². The monoisotopic (exact) mass is 272 g/mol. The van der Waals surface area contributed by atoms with Gasteiger partial charge < -0.3 is 4.74 Å². The number of amides is 1. The lowest BCUT2D eigenvalue weighted by molar-refractivity contribution is -0.124. The van der Waals surface area contributed by atoms with Crippen molar-refractivity contribution in [2.45, 2.75) is 25.5 Å². The minimum absolute atomic E-state index is 0.148. The molecule has 1 aromatic carbocycles. The van der Waals surface area contributed by atoms with E-state index in [1.54, 1.807) is 6.33 Å². The summed E-state index contributed by atoms with van der Waals surface area (Å²) < 4.78 is 7.16. The summed E-state index contributed by atoms with van der Waals surface area (Å²) in [5, 5.41) is 10.6. The first-order valence-electron chi connectivity index (χ1n) is 6.67. The van der Waals surface area contributed by atoms with E-state index in [-0.39, 0.29) is 12.0 Å². The molecule has 0 bridgehead atoms. The molecule has 2 heterocycles. The summed E-state index contributed by atoms with van der Waals surface area (Å²) in [6, 6.07) is 9.96. The van der Waals surface area contributed by atoms with Crippen molar-refractivity contribution in [2.75, 3.05) is 11.9 Å². The molecular formula is C14H16N4O2. The summed E-state index contributed by atoms with van der Waals surface area (Å²) in [5.41, 5.74) is 1.12. The van der Waals surface area contributed by atoms with Crippen LogP contribution in [0.2, 0.25) is 0 Å². The van der Waals surface area contributed by atoms with E-state index in [1.165, 1.54) is 0 Å². The van der Waals surface area contributed by atoms with Crippen LogP contribution >= 0.6 is 0 Å². The van der Waals surface area contributed by atoms with Gasteiger partial charge in [-0.15, -0.1) is 10.2 Å². The minimum atomic E-state index is -0.364. The van der Waals surface area contributed by atoms with Crippen LogP contribution in [0.1, 0.15) is 18.4 Å². The quantitative estimate of drug-likeness (QED) is 0.914. The number of nitrogens with one attached hydrogen (secondary N) is 1. The number of rotatable bonds is 4. The molecule has 0 spiro atoms. The number of carbonyl (C=O) groups is 1. The molecule has 6 nitrogen and oxygen atoms in total. The fourth-order valence-electron chi connectivity index (χ4n) is 2.22. The molecule has 20 heavy (non-hydrogen) atoms. The third-order valence-corrected chi connectivity index (χ3v) is 3.27. The van der Waals surface area contributed by atoms with E-state index in [0.717, 1.165) is 18.4 Å². The van der Waals surface area contributed by atoms with Crippen LogP contribution in [0.5, 0.6) is 0 Å². The van der Waals surface area contributed by atoms with Crippen LogP contribution in [-0.2, 0) is 16.1 Å². The van der Waals surface area contributed by atoms with Gasteiger partial charge in [0.1, 0.15) is 12.4 Å².